The Morgan fingerprint density at radius 2 is 1.44 bits per heavy atom. The van der Waals surface area contributed by atoms with Crippen LogP contribution >= 0.6 is 0 Å². The van der Waals surface area contributed by atoms with Gasteiger partial charge in [0.05, 0.1) is 16.4 Å². The molecule has 0 bridgehead atoms. The summed E-state index contributed by atoms with van der Waals surface area (Å²) in [5.74, 6) is -1.40. The Morgan fingerprint density at radius 3 is 1.88 bits per heavy atom. The van der Waals surface area contributed by atoms with Crippen molar-refractivity contribution in [2.75, 3.05) is 11.5 Å². The molecule has 0 saturated heterocycles. The van der Waals surface area contributed by atoms with Crippen molar-refractivity contribution in [2.24, 2.45) is 0 Å². The molecule has 0 heterocycles. The molecule has 0 saturated carbocycles. The molecule has 1 aromatic carbocycles. The van der Waals surface area contributed by atoms with Gasteiger partial charge in [-0.15, -0.1) is 0 Å². The summed E-state index contributed by atoms with van der Waals surface area (Å²) in [6.45, 7) is 0. The Kier molecular flexibility index (Phi) is 6.16. The summed E-state index contributed by atoms with van der Waals surface area (Å²) in [5, 5.41) is 0. The minimum absolute atomic E-state index is 0. The summed E-state index contributed by atoms with van der Waals surface area (Å²) in [5.41, 5.74) is 0. The van der Waals surface area contributed by atoms with Crippen LogP contribution in [0.4, 0.5) is 0 Å². The fraction of sp³-hybridized carbons (Fsp3) is 0.250. The fourth-order valence-electron chi connectivity index (χ4n) is 0.961. The topological polar surface area (TPSA) is 88.5 Å². The maximum atomic E-state index is 11.5. The van der Waals surface area contributed by atoms with Gasteiger partial charge in [0.1, 0.15) is 0 Å². The van der Waals surface area contributed by atoms with Gasteiger partial charge in [-0.05, 0) is 12.1 Å². The van der Waals surface area contributed by atoms with Crippen LogP contribution in [0.25, 0.3) is 0 Å². The van der Waals surface area contributed by atoms with Crippen LogP contribution in [0.5, 0.6) is 0 Å². The SMILES string of the molecule is O=S(=O)(O)CCS(=O)(=O)c1ccccc1.[NaH]. The van der Waals surface area contributed by atoms with E-state index in [0.29, 0.717) is 0 Å². The first-order chi connectivity index (χ1) is 6.81. The molecule has 0 unspecified atom stereocenters. The second-order valence-corrected chi connectivity index (χ2v) is 6.60. The van der Waals surface area contributed by atoms with E-state index >= 15 is 0 Å². The third-order valence-corrected chi connectivity index (χ3v) is 4.42. The zero-order valence-corrected chi connectivity index (χ0v) is 9.33. The Morgan fingerprint density at radius 1 is 0.938 bits per heavy atom. The Balaban J connectivity index is 0.00000225. The molecule has 1 aromatic rings. The summed E-state index contributed by atoms with van der Waals surface area (Å²) in [7, 11) is -7.88. The number of hydrogen-bond donors (Lipinski definition) is 1. The van der Waals surface area contributed by atoms with Crippen LogP contribution in [0.15, 0.2) is 35.2 Å². The average molecular weight is 274 g/mol. The van der Waals surface area contributed by atoms with Crippen LogP contribution in [0.3, 0.4) is 0 Å². The standard InChI is InChI=1S/C8H10O5S2.Na.H/c9-14(10,6-7-15(11,12)13)8-4-2-1-3-5-8;;/h1-5H,6-7H2,(H,11,12,13);;. The second-order valence-electron chi connectivity index (χ2n) is 2.92. The molecule has 0 atom stereocenters. The van der Waals surface area contributed by atoms with Gasteiger partial charge in [-0.1, -0.05) is 18.2 Å². The quantitative estimate of drug-likeness (QED) is 0.601. The molecule has 8 heteroatoms. The molecular formula is C8H11NaO5S2. The van der Waals surface area contributed by atoms with E-state index in [4.69, 9.17) is 4.55 Å². The van der Waals surface area contributed by atoms with Crippen LogP contribution in [-0.2, 0) is 20.0 Å². The molecule has 0 aliphatic carbocycles. The fourth-order valence-corrected chi connectivity index (χ4v) is 3.49. The first-order valence-corrected chi connectivity index (χ1v) is 7.30. The van der Waals surface area contributed by atoms with E-state index in [0.717, 1.165) is 0 Å². The molecular weight excluding hydrogens is 263 g/mol. The third kappa shape index (κ3) is 5.42. The van der Waals surface area contributed by atoms with Gasteiger partial charge in [0.25, 0.3) is 10.1 Å². The normalized spacial score (nSPS) is 11.8. The van der Waals surface area contributed by atoms with Crippen LogP contribution in [0.2, 0.25) is 0 Å². The van der Waals surface area contributed by atoms with E-state index in [1.165, 1.54) is 12.1 Å². The van der Waals surface area contributed by atoms with Gasteiger partial charge in [-0.25, -0.2) is 8.42 Å². The van der Waals surface area contributed by atoms with Crippen LogP contribution < -0.4 is 0 Å². The predicted molar refractivity (Wildman–Crippen MR) is 62.1 cm³/mol. The van der Waals surface area contributed by atoms with Crippen molar-refractivity contribution in [1.29, 1.82) is 0 Å². The minimum atomic E-state index is -4.24. The van der Waals surface area contributed by atoms with E-state index in [1.54, 1.807) is 18.2 Å². The zero-order chi connectivity index (χ0) is 11.5. The van der Waals surface area contributed by atoms with E-state index in [1.807, 2.05) is 0 Å². The first kappa shape index (κ1) is 16.1. The number of benzene rings is 1. The summed E-state index contributed by atoms with van der Waals surface area (Å²) < 4.78 is 52.2. The van der Waals surface area contributed by atoms with Gasteiger partial charge < -0.3 is 0 Å². The zero-order valence-electron chi connectivity index (χ0n) is 7.70. The van der Waals surface area contributed by atoms with Gasteiger partial charge in [0.2, 0.25) is 0 Å². The summed E-state index contributed by atoms with van der Waals surface area (Å²) >= 11 is 0. The molecule has 86 valence electrons. The van der Waals surface area contributed by atoms with Crippen LogP contribution in [0, 0.1) is 0 Å². The van der Waals surface area contributed by atoms with Gasteiger partial charge in [-0.2, -0.15) is 8.42 Å². The van der Waals surface area contributed by atoms with Gasteiger partial charge in [0, 0.05) is 0 Å². The van der Waals surface area contributed by atoms with Crippen molar-refractivity contribution in [2.45, 2.75) is 4.90 Å². The second kappa shape index (κ2) is 6.13. The van der Waals surface area contributed by atoms with Crippen molar-refractivity contribution >= 4 is 49.5 Å². The molecule has 16 heavy (non-hydrogen) atoms. The average Bonchev–Trinajstić information content (AvgIpc) is 2.16. The van der Waals surface area contributed by atoms with E-state index in [-0.39, 0.29) is 34.5 Å². The van der Waals surface area contributed by atoms with Crippen molar-refractivity contribution in [3.8, 4) is 0 Å². The van der Waals surface area contributed by atoms with Gasteiger partial charge in [0.15, 0.2) is 9.84 Å². The molecule has 1 rings (SSSR count). The molecule has 0 aromatic heterocycles. The summed E-state index contributed by atoms with van der Waals surface area (Å²) in [6.07, 6.45) is 0. The van der Waals surface area contributed by atoms with Crippen molar-refractivity contribution < 1.29 is 21.4 Å². The van der Waals surface area contributed by atoms with Crippen LogP contribution in [-0.4, -0.2) is 62.5 Å². The van der Waals surface area contributed by atoms with Crippen LogP contribution in [0.1, 0.15) is 0 Å². The summed E-state index contributed by atoms with van der Waals surface area (Å²) in [4.78, 5) is 0.0497. The Bertz CT molecular complexity index is 521. The van der Waals surface area contributed by atoms with Crippen molar-refractivity contribution in [1.82, 2.24) is 0 Å². The maximum absolute atomic E-state index is 11.5. The number of sulfone groups is 1. The van der Waals surface area contributed by atoms with Gasteiger partial charge in [-0.3, -0.25) is 4.55 Å². The van der Waals surface area contributed by atoms with Gasteiger partial charge >= 0.3 is 29.6 Å². The molecule has 1 N–H and O–H groups in total. The van der Waals surface area contributed by atoms with E-state index in [9.17, 15) is 16.8 Å². The van der Waals surface area contributed by atoms with E-state index < -0.39 is 31.5 Å². The molecule has 0 aliphatic rings. The number of rotatable bonds is 4. The molecule has 0 amide bonds. The first-order valence-electron chi connectivity index (χ1n) is 4.04. The van der Waals surface area contributed by atoms with E-state index in [2.05, 4.69) is 0 Å². The molecule has 0 spiro atoms. The van der Waals surface area contributed by atoms with Crippen molar-refractivity contribution in [3.63, 3.8) is 0 Å². The molecule has 0 radical (unpaired) electrons. The molecule has 0 aliphatic heterocycles. The Hall–Kier alpha value is 0.0800. The van der Waals surface area contributed by atoms with Crippen molar-refractivity contribution in [3.05, 3.63) is 30.3 Å². The third-order valence-electron chi connectivity index (χ3n) is 1.71. The number of hydrogen-bond acceptors (Lipinski definition) is 4. The Labute approximate surface area is 117 Å². The summed E-state index contributed by atoms with van der Waals surface area (Å²) in [6, 6.07) is 7.49. The molecule has 0 fully saturated rings. The monoisotopic (exact) mass is 274 g/mol. The molecule has 5 nitrogen and oxygen atoms in total. The predicted octanol–water partition coefficient (Wildman–Crippen LogP) is -0.300.